The molecule has 18 heavy (non-hydrogen) atoms. The molecule has 1 aromatic carbocycles. The molecule has 0 spiro atoms. The Balaban J connectivity index is 1.86. The van der Waals surface area contributed by atoms with Gasteiger partial charge in [-0.1, -0.05) is 24.6 Å². The predicted octanol–water partition coefficient (Wildman–Crippen LogP) is 2.66. The highest BCUT2D eigenvalue weighted by atomic mass is 16.4. The summed E-state index contributed by atoms with van der Waals surface area (Å²) in [5.41, 5.74) is 1.38. The zero-order valence-electron chi connectivity index (χ0n) is 10.9. The monoisotopic (exact) mass is 247 g/mol. The van der Waals surface area contributed by atoms with Crippen LogP contribution in [0.5, 0.6) is 0 Å². The van der Waals surface area contributed by atoms with Gasteiger partial charge in [0.2, 0.25) is 0 Å². The lowest BCUT2D eigenvalue weighted by Gasteiger charge is -2.30. The average Bonchev–Trinajstić information content (AvgIpc) is 2.31. The van der Waals surface area contributed by atoms with Crippen LogP contribution in [0.3, 0.4) is 0 Å². The summed E-state index contributed by atoms with van der Waals surface area (Å²) >= 11 is 0. The SMILES string of the molecule is CN(CCc1ccccc1C(=O)O)CC1CCC1. The zero-order valence-corrected chi connectivity index (χ0v) is 10.9. The van der Waals surface area contributed by atoms with Crippen LogP contribution in [0.15, 0.2) is 24.3 Å². The number of carboxylic acid groups (broad SMARTS) is 1. The molecular weight excluding hydrogens is 226 g/mol. The van der Waals surface area contributed by atoms with Crippen molar-refractivity contribution < 1.29 is 9.90 Å². The second-order valence-electron chi connectivity index (χ2n) is 5.27. The van der Waals surface area contributed by atoms with Crippen LogP contribution >= 0.6 is 0 Å². The highest BCUT2D eigenvalue weighted by Crippen LogP contribution is 2.26. The first-order valence-corrected chi connectivity index (χ1v) is 6.66. The van der Waals surface area contributed by atoms with Gasteiger partial charge in [-0.2, -0.15) is 0 Å². The molecule has 2 rings (SSSR count). The van der Waals surface area contributed by atoms with Crippen LogP contribution in [0.2, 0.25) is 0 Å². The number of carboxylic acids is 1. The number of likely N-dealkylation sites (N-methyl/N-ethyl adjacent to an activating group) is 1. The average molecular weight is 247 g/mol. The highest BCUT2D eigenvalue weighted by molar-refractivity contribution is 5.89. The molecule has 0 radical (unpaired) electrons. The van der Waals surface area contributed by atoms with Gasteiger partial charge in [0.25, 0.3) is 0 Å². The van der Waals surface area contributed by atoms with Crippen molar-refractivity contribution in [3.8, 4) is 0 Å². The molecule has 1 aliphatic rings. The first-order chi connectivity index (χ1) is 8.66. The third kappa shape index (κ3) is 3.33. The largest absolute Gasteiger partial charge is 0.478 e. The van der Waals surface area contributed by atoms with Crippen molar-refractivity contribution in [3.63, 3.8) is 0 Å². The van der Waals surface area contributed by atoms with Gasteiger partial charge in [-0.05, 0) is 43.9 Å². The molecule has 0 unspecified atom stereocenters. The van der Waals surface area contributed by atoms with Gasteiger partial charge in [-0.3, -0.25) is 0 Å². The van der Waals surface area contributed by atoms with Crippen molar-refractivity contribution in [2.75, 3.05) is 20.1 Å². The van der Waals surface area contributed by atoms with E-state index in [-0.39, 0.29) is 0 Å². The number of hydrogen-bond acceptors (Lipinski definition) is 2. The molecule has 3 nitrogen and oxygen atoms in total. The van der Waals surface area contributed by atoms with E-state index in [1.165, 1.54) is 19.3 Å². The van der Waals surface area contributed by atoms with Gasteiger partial charge in [0.05, 0.1) is 5.56 Å². The number of rotatable bonds is 6. The molecule has 0 aromatic heterocycles. The molecule has 0 aliphatic heterocycles. The molecular formula is C15H21NO2. The third-order valence-electron chi connectivity index (χ3n) is 3.81. The minimum Gasteiger partial charge on any atom is -0.478 e. The van der Waals surface area contributed by atoms with Gasteiger partial charge in [-0.15, -0.1) is 0 Å². The maximum atomic E-state index is 11.1. The summed E-state index contributed by atoms with van der Waals surface area (Å²) in [6.45, 7) is 2.08. The Kier molecular flexibility index (Phi) is 4.37. The Morgan fingerprint density at radius 2 is 2.11 bits per heavy atom. The Bertz CT molecular complexity index is 413. The van der Waals surface area contributed by atoms with E-state index in [9.17, 15) is 4.79 Å². The number of nitrogens with zero attached hydrogens (tertiary/aromatic N) is 1. The van der Waals surface area contributed by atoms with Gasteiger partial charge < -0.3 is 10.0 Å². The summed E-state index contributed by atoms with van der Waals surface area (Å²) in [5, 5.41) is 9.11. The van der Waals surface area contributed by atoms with Crippen molar-refractivity contribution in [1.82, 2.24) is 4.90 Å². The van der Waals surface area contributed by atoms with E-state index in [1.54, 1.807) is 12.1 Å². The Morgan fingerprint density at radius 3 is 2.72 bits per heavy atom. The van der Waals surface area contributed by atoms with E-state index in [2.05, 4.69) is 11.9 Å². The fourth-order valence-electron chi connectivity index (χ4n) is 2.47. The van der Waals surface area contributed by atoms with Crippen molar-refractivity contribution in [2.24, 2.45) is 5.92 Å². The standard InChI is InChI=1S/C15H21NO2/c1-16(11-12-5-4-6-12)10-9-13-7-2-3-8-14(13)15(17)18/h2-3,7-8,12H,4-6,9-11H2,1H3,(H,17,18). The van der Waals surface area contributed by atoms with E-state index < -0.39 is 5.97 Å². The van der Waals surface area contributed by atoms with Crippen molar-refractivity contribution in [2.45, 2.75) is 25.7 Å². The number of benzene rings is 1. The summed E-state index contributed by atoms with van der Waals surface area (Å²) in [6, 6.07) is 7.29. The molecule has 3 heteroatoms. The molecule has 1 fully saturated rings. The van der Waals surface area contributed by atoms with Crippen LogP contribution in [-0.4, -0.2) is 36.1 Å². The summed E-state index contributed by atoms with van der Waals surface area (Å²) < 4.78 is 0. The molecule has 1 N–H and O–H groups in total. The number of hydrogen-bond donors (Lipinski definition) is 1. The minimum absolute atomic E-state index is 0.439. The number of carbonyl (C=O) groups is 1. The minimum atomic E-state index is -0.827. The Labute approximate surface area is 108 Å². The zero-order chi connectivity index (χ0) is 13.0. The van der Waals surface area contributed by atoms with E-state index >= 15 is 0 Å². The van der Waals surface area contributed by atoms with Gasteiger partial charge in [0.15, 0.2) is 0 Å². The van der Waals surface area contributed by atoms with Crippen LogP contribution in [0.4, 0.5) is 0 Å². The molecule has 0 amide bonds. The number of aromatic carboxylic acids is 1. The van der Waals surface area contributed by atoms with Crippen molar-refractivity contribution >= 4 is 5.97 Å². The summed E-state index contributed by atoms with van der Waals surface area (Å²) in [5.74, 6) is 0.0389. The van der Waals surface area contributed by atoms with Crippen LogP contribution in [0.25, 0.3) is 0 Å². The molecule has 0 heterocycles. The lowest BCUT2D eigenvalue weighted by Crippen LogP contribution is -2.31. The quantitative estimate of drug-likeness (QED) is 0.840. The molecule has 0 atom stereocenters. The van der Waals surface area contributed by atoms with E-state index in [0.717, 1.165) is 31.0 Å². The highest BCUT2D eigenvalue weighted by Gasteiger charge is 2.19. The second kappa shape index (κ2) is 6.01. The van der Waals surface area contributed by atoms with Crippen molar-refractivity contribution in [1.29, 1.82) is 0 Å². The van der Waals surface area contributed by atoms with Crippen molar-refractivity contribution in [3.05, 3.63) is 35.4 Å². The van der Waals surface area contributed by atoms with E-state index in [4.69, 9.17) is 5.11 Å². The van der Waals surface area contributed by atoms with Gasteiger partial charge >= 0.3 is 5.97 Å². The van der Waals surface area contributed by atoms with E-state index in [1.807, 2.05) is 12.1 Å². The first-order valence-electron chi connectivity index (χ1n) is 6.66. The first kappa shape index (κ1) is 13.1. The molecule has 1 aromatic rings. The van der Waals surface area contributed by atoms with Gasteiger partial charge in [0.1, 0.15) is 0 Å². The Morgan fingerprint density at radius 1 is 1.39 bits per heavy atom. The normalized spacial score (nSPS) is 15.7. The maximum absolute atomic E-state index is 11.1. The smallest absolute Gasteiger partial charge is 0.335 e. The molecule has 0 bridgehead atoms. The van der Waals surface area contributed by atoms with Crippen LogP contribution < -0.4 is 0 Å². The van der Waals surface area contributed by atoms with Crippen LogP contribution in [0.1, 0.15) is 35.2 Å². The summed E-state index contributed by atoms with van der Waals surface area (Å²) in [7, 11) is 2.13. The maximum Gasteiger partial charge on any atom is 0.335 e. The molecule has 1 saturated carbocycles. The lowest BCUT2D eigenvalue weighted by molar-refractivity contribution is 0.0695. The Hall–Kier alpha value is -1.35. The molecule has 1 aliphatic carbocycles. The van der Waals surface area contributed by atoms with Gasteiger partial charge in [0, 0.05) is 13.1 Å². The second-order valence-corrected chi connectivity index (χ2v) is 5.27. The molecule has 0 saturated heterocycles. The summed E-state index contributed by atoms with van der Waals surface area (Å²) in [4.78, 5) is 13.4. The van der Waals surface area contributed by atoms with E-state index in [0.29, 0.717) is 5.56 Å². The topological polar surface area (TPSA) is 40.5 Å². The van der Waals surface area contributed by atoms with Crippen LogP contribution in [-0.2, 0) is 6.42 Å². The fraction of sp³-hybridized carbons (Fsp3) is 0.533. The summed E-state index contributed by atoms with van der Waals surface area (Å²) in [6.07, 6.45) is 4.90. The fourth-order valence-corrected chi connectivity index (χ4v) is 2.47. The lowest BCUT2D eigenvalue weighted by atomic mass is 9.85. The van der Waals surface area contributed by atoms with Gasteiger partial charge in [-0.25, -0.2) is 4.79 Å². The predicted molar refractivity (Wildman–Crippen MR) is 71.9 cm³/mol. The molecule has 98 valence electrons. The van der Waals surface area contributed by atoms with Crippen LogP contribution in [0, 0.1) is 5.92 Å². The third-order valence-corrected chi connectivity index (χ3v) is 3.81.